The van der Waals surface area contributed by atoms with Crippen molar-refractivity contribution in [2.24, 2.45) is 0 Å². The van der Waals surface area contributed by atoms with Crippen molar-refractivity contribution in [1.82, 2.24) is 4.90 Å². The van der Waals surface area contributed by atoms with Crippen LogP contribution < -0.4 is 0 Å². The SMILES string of the molecule is CCOC1CCOC2(CCN(C(=O)c3ccc([N+](=O)[O-])o3)CC2)C1. The Morgan fingerprint density at radius 2 is 2.21 bits per heavy atom. The van der Waals surface area contributed by atoms with Gasteiger partial charge in [0.05, 0.1) is 17.8 Å². The van der Waals surface area contributed by atoms with Crippen LogP contribution in [-0.2, 0) is 9.47 Å². The smallest absolute Gasteiger partial charge is 0.395 e. The van der Waals surface area contributed by atoms with Crippen LogP contribution in [0.15, 0.2) is 16.5 Å². The fourth-order valence-corrected chi connectivity index (χ4v) is 3.52. The van der Waals surface area contributed by atoms with E-state index in [-0.39, 0.29) is 23.4 Å². The number of piperidine rings is 1. The maximum absolute atomic E-state index is 12.4. The number of nitrogens with zero attached hydrogens (tertiary/aromatic N) is 2. The average Bonchev–Trinajstić information content (AvgIpc) is 3.06. The van der Waals surface area contributed by atoms with Crippen LogP contribution in [0, 0.1) is 10.1 Å². The van der Waals surface area contributed by atoms with Gasteiger partial charge in [0, 0.05) is 32.7 Å². The largest absolute Gasteiger partial charge is 0.433 e. The molecular formula is C16H22N2O6. The van der Waals surface area contributed by atoms with Gasteiger partial charge in [0.15, 0.2) is 5.76 Å². The average molecular weight is 338 g/mol. The summed E-state index contributed by atoms with van der Waals surface area (Å²) in [5.41, 5.74) is -0.218. The fourth-order valence-electron chi connectivity index (χ4n) is 3.52. The standard InChI is InChI=1S/C16H22N2O6/c1-2-22-12-5-10-23-16(11-12)6-8-17(9-7-16)15(19)13-3-4-14(24-13)18(20)21/h3-4,12H,2,5-11H2,1H3. The van der Waals surface area contributed by atoms with Gasteiger partial charge in [0.2, 0.25) is 0 Å². The van der Waals surface area contributed by atoms with Crippen LogP contribution in [-0.4, -0.2) is 53.7 Å². The second-order valence-electron chi connectivity index (χ2n) is 6.29. The van der Waals surface area contributed by atoms with E-state index in [1.54, 1.807) is 4.90 Å². The van der Waals surface area contributed by atoms with Crippen molar-refractivity contribution in [2.75, 3.05) is 26.3 Å². The molecule has 1 aromatic rings. The van der Waals surface area contributed by atoms with E-state index in [2.05, 4.69) is 0 Å². The Kier molecular flexibility index (Phi) is 4.86. The minimum Gasteiger partial charge on any atom is -0.395 e. The van der Waals surface area contributed by atoms with E-state index in [0.29, 0.717) is 26.3 Å². The first kappa shape index (κ1) is 16.9. The number of rotatable bonds is 4. The predicted octanol–water partition coefficient (Wildman–Crippen LogP) is 2.38. The number of hydrogen-bond donors (Lipinski definition) is 0. The molecule has 1 atom stereocenters. The Labute approximate surface area is 139 Å². The second-order valence-corrected chi connectivity index (χ2v) is 6.29. The highest BCUT2D eigenvalue weighted by Gasteiger charge is 2.41. The molecule has 1 amide bonds. The minimum atomic E-state index is -0.647. The van der Waals surface area contributed by atoms with Gasteiger partial charge in [-0.15, -0.1) is 0 Å². The molecule has 0 radical (unpaired) electrons. The topological polar surface area (TPSA) is 95.0 Å². The molecular weight excluding hydrogens is 316 g/mol. The lowest BCUT2D eigenvalue weighted by atomic mass is 9.83. The molecule has 2 aliphatic rings. The molecule has 8 heteroatoms. The third kappa shape index (κ3) is 3.44. The lowest BCUT2D eigenvalue weighted by Gasteiger charge is -2.45. The summed E-state index contributed by atoms with van der Waals surface area (Å²) < 4.78 is 16.8. The summed E-state index contributed by atoms with van der Waals surface area (Å²) in [4.78, 5) is 24.1. The number of hydrogen-bond acceptors (Lipinski definition) is 6. The number of furan rings is 1. The van der Waals surface area contributed by atoms with Gasteiger partial charge >= 0.3 is 5.88 Å². The molecule has 1 spiro atoms. The molecule has 0 saturated carbocycles. The summed E-state index contributed by atoms with van der Waals surface area (Å²) in [6.07, 6.45) is 3.47. The van der Waals surface area contributed by atoms with Crippen LogP contribution in [0.4, 0.5) is 5.88 Å². The Morgan fingerprint density at radius 1 is 1.46 bits per heavy atom. The van der Waals surface area contributed by atoms with E-state index in [0.717, 1.165) is 25.7 Å². The van der Waals surface area contributed by atoms with E-state index in [4.69, 9.17) is 13.9 Å². The Morgan fingerprint density at radius 3 is 2.83 bits per heavy atom. The molecule has 8 nitrogen and oxygen atoms in total. The second kappa shape index (κ2) is 6.90. The van der Waals surface area contributed by atoms with Crippen LogP contribution in [0.5, 0.6) is 0 Å². The molecule has 1 aromatic heterocycles. The molecule has 0 N–H and O–H groups in total. The number of carbonyl (C=O) groups excluding carboxylic acids is 1. The predicted molar refractivity (Wildman–Crippen MR) is 83.8 cm³/mol. The third-order valence-electron chi connectivity index (χ3n) is 4.79. The molecule has 132 valence electrons. The van der Waals surface area contributed by atoms with Gasteiger partial charge in [0.25, 0.3) is 5.91 Å². The zero-order chi connectivity index (χ0) is 17.2. The molecule has 3 heterocycles. The van der Waals surface area contributed by atoms with Crippen LogP contribution in [0.3, 0.4) is 0 Å². The van der Waals surface area contributed by atoms with Gasteiger partial charge in [0.1, 0.15) is 4.92 Å². The van der Waals surface area contributed by atoms with Crippen molar-refractivity contribution >= 4 is 11.8 Å². The van der Waals surface area contributed by atoms with Gasteiger partial charge in [-0.05, 0) is 32.3 Å². The molecule has 1 unspecified atom stereocenters. The van der Waals surface area contributed by atoms with Crippen LogP contribution in [0.1, 0.15) is 43.2 Å². The van der Waals surface area contributed by atoms with Crippen molar-refractivity contribution in [1.29, 1.82) is 0 Å². The quantitative estimate of drug-likeness (QED) is 0.618. The highest BCUT2D eigenvalue weighted by atomic mass is 16.6. The van der Waals surface area contributed by atoms with Gasteiger partial charge in [-0.25, -0.2) is 0 Å². The van der Waals surface area contributed by atoms with Crippen molar-refractivity contribution in [2.45, 2.75) is 44.3 Å². The summed E-state index contributed by atoms with van der Waals surface area (Å²) in [5, 5.41) is 10.7. The first-order chi connectivity index (χ1) is 11.5. The summed E-state index contributed by atoms with van der Waals surface area (Å²) in [6.45, 7) is 4.47. The summed E-state index contributed by atoms with van der Waals surface area (Å²) in [7, 11) is 0. The zero-order valence-electron chi connectivity index (χ0n) is 13.7. The van der Waals surface area contributed by atoms with E-state index < -0.39 is 10.8 Å². The van der Waals surface area contributed by atoms with Crippen LogP contribution in [0.25, 0.3) is 0 Å². The van der Waals surface area contributed by atoms with E-state index in [9.17, 15) is 14.9 Å². The van der Waals surface area contributed by atoms with E-state index in [1.165, 1.54) is 12.1 Å². The molecule has 0 aromatic carbocycles. The van der Waals surface area contributed by atoms with Gasteiger partial charge < -0.3 is 18.8 Å². The Balaban J connectivity index is 1.59. The third-order valence-corrected chi connectivity index (χ3v) is 4.79. The summed E-state index contributed by atoms with van der Waals surface area (Å²) in [6, 6.07) is 2.56. The first-order valence-electron chi connectivity index (χ1n) is 8.32. The van der Waals surface area contributed by atoms with E-state index in [1.807, 2.05) is 6.92 Å². The first-order valence-corrected chi connectivity index (χ1v) is 8.32. The van der Waals surface area contributed by atoms with Crippen LogP contribution in [0.2, 0.25) is 0 Å². The molecule has 0 bridgehead atoms. The van der Waals surface area contributed by atoms with Gasteiger partial charge in [-0.1, -0.05) is 0 Å². The number of nitro groups is 1. The lowest BCUT2D eigenvalue weighted by Crippen LogP contribution is -2.52. The van der Waals surface area contributed by atoms with Gasteiger partial charge in [-0.2, -0.15) is 0 Å². The van der Waals surface area contributed by atoms with E-state index >= 15 is 0 Å². The fraction of sp³-hybridized carbons (Fsp3) is 0.688. The normalized spacial score (nSPS) is 23.4. The monoisotopic (exact) mass is 338 g/mol. The number of amides is 1. The van der Waals surface area contributed by atoms with Gasteiger partial charge in [-0.3, -0.25) is 14.9 Å². The lowest BCUT2D eigenvalue weighted by molar-refractivity contribution is -0.402. The van der Waals surface area contributed by atoms with Crippen molar-refractivity contribution < 1.29 is 23.6 Å². The molecule has 2 saturated heterocycles. The Hall–Kier alpha value is -1.93. The maximum Gasteiger partial charge on any atom is 0.433 e. The molecule has 2 fully saturated rings. The molecule has 24 heavy (non-hydrogen) atoms. The molecule has 2 aliphatic heterocycles. The highest BCUT2D eigenvalue weighted by molar-refractivity contribution is 5.91. The summed E-state index contributed by atoms with van der Waals surface area (Å²) in [5.74, 6) is -0.716. The molecule has 3 rings (SSSR count). The highest BCUT2D eigenvalue weighted by Crippen LogP contribution is 2.36. The minimum absolute atomic E-state index is 0.00871. The summed E-state index contributed by atoms with van der Waals surface area (Å²) >= 11 is 0. The number of carbonyl (C=O) groups is 1. The number of ether oxygens (including phenoxy) is 2. The molecule has 0 aliphatic carbocycles. The number of likely N-dealkylation sites (tertiary alicyclic amines) is 1. The van der Waals surface area contributed by atoms with Crippen molar-refractivity contribution in [3.05, 3.63) is 28.0 Å². The van der Waals surface area contributed by atoms with Crippen molar-refractivity contribution in [3.8, 4) is 0 Å². The van der Waals surface area contributed by atoms with Crippen LogP contribution >= 0.6 is 0 Å². The zero-order valence-corrected chi connectivity index (χ0v) is 13.7. The Bertz CT molecular complexity index is 603. The maximum atomic E-state index is 12.4. The van der Waals surface area contributed by atoms with Crippen molar-refractivity contribution in [3.63, 3.8) is 0 Å².